The van der Waals surface area contributed by atoms with Crippen molar-refractivity contribution < 1.29 is 0 Å². The van der Waals surface area contributed by atoms with Crippen LogP contribution in [0.5, 0.6) is 0 Å². The summed E-state index contributed by atoms with van der Waals surface area (Å²) in [6, 6.07) is 9.17. The SMILES string of the molecule is CCSc1ccc(C(NC)C(C)(C)NC)cc1. The molecule has 96 valence electrons. The lowest BCUT2D eigenvalue weighted by molar-refractivity contribution is 0.311. The Labute approximate surface area is 110 Å². The minimum absolute atomic E-state index is 0.0359. The van der Waals surface area contributed by atoms with Gasteiger partial charge in [-0.15, -0.1) is 11.8 Å². The lowest BCUT2D eigenvalue weighted by Gasteiger charge is -2.34. The third kappa shape index (κ3) is 3.73. The molecule has 0 saturated heterocycles. The Hall–Kier alpha value is -0.510. The van der Waals surface area contributed by atoms with E-state index in [2.05, 4.69) is 55.7 Å². The van der Waals surface area contributed by atoms with E-state index in [9.17, 15) is 0 Å². The first-order valence-electron chi connectivity index (χ1n) is 6.14. The van der Waals surface area contributed by atoms with Crippen molar-refractivity contribution in [1.29, 1.82) is 0 Å². The Bertz CT molecular complexity index is 333. The molecule has 2 nitrogen and oxygen atoms in total. The first kappa shape index (κ1) is 14.6. The zero-order valence-corrected chi connectivity index (χ0v) is 12.3. The standard InChI is InChI=1S/C14H24N2S/c1-6-17-12-9-7-11(8-10-12)13(15-4)14(2,3)16-5/h7-10,13,15-16H,6H2,1-5H3. The van der Waals surface area contributed by atoms with Crippen molar-refractivity contribution in [1.82, 2.24) is 10.6 Å². The predicted molar refractivity (Wildman–Crippen MR) is 77.8 cm³/mol. The van der Waals surface area contributed by atoms with E-state index in [1.807, 2.05) is 25.9 Å². The van der Waals surface area contributed by atoms with E-state index in [1.165, 1.54) is 10.5 Å². The average molecular weight is 252 g/mol. The summed E-state index contributed by atoms with van der Waals surface area (Å²) in [6.45, 7) is 6.60. The second-order valence-corrected chi connectivity index (χ2v) is 6.03. The van der Waals surface area contributed by atoms with Gasteiger partial charge in [-0.1, -0.05) is 19.1 Å². The fourth-order valence-electron chi connectivity index (χ4n) is 2.01. The molecule has 0 amide bonds. The van der Waals surface area contributed by atoms with Crippen molar-refractivity contribution in [3.05, 3.63) is 29.8 Å². The highest BCUT2D eigenvalue weighted by Crippen LogP contribution is 2.27. The van der Waals surface area contributed by atoms with E-state index in [1.54, 1.807) is 0 Å². The lowest BCUT2D eigenvalue weighted by atomic mass is 9.89. The molecule has 1 rings (SSSR count). The highest BCUT2D eigenvalue weighted by Gasteiger charge is 2.27. The molecule has 1 unspecified atom stereocenters. The van der Waals surface area contributed by atoms with Gasteiger partial charge in [-0.25, -0.2) is 0 Å². The molecule has 17 heavy (non-hydrogen) atoms. The van der Waals surface area contributed by atoms with Gasteiger partial charge in [0.15, 0.2) is 0 Å². The summed E-state index contributed by atoms with van der Waals surface area (Å²) >= 11 is 1.88. The third-order valence-corrected chi connectivity index (χ3v) is 4.07. The summed E-state index contributed by atoms with van der Waals surface area (Å²) in [5.74, 6) is 1.12. The molecule has 0 fully saturated rings. The fourth-order valence-corrected chi connectivity index (χ4v) is 2.67. The van der Waals surface area contributed by atoms with Gasteiger partial charge in [-0.3, -0.25) is 0 Å². The average Bonchev–Trinajstić information content (AvgIpc) is 2.32. The van der Waals surface area contributed by atoms with Crippen LogP contribution in [0.4, 0.5) is 0 Å². The molecule has 0 bridgehead atoms. The van der Waals surface area contributed by atoms with Crippen LogP contribution in [0, 0.1) is 0 Å². The molecule has 0 aliphatic rings. The largest absolute Gasteiger partial charge is 0.313 e. The van der Waals surface area contributed by atoms with Crippen LogP contribution in [0.15, 0.2) is 29.2 Å². The maximum atomic E-state index is 3.39. The Kier molecular flexibility index (Phi) is 5.50. The van der Waals surface area contributed by atoms with Gasteiger partial charge < -0.3 is 10.6 Å². The number of thioether (sulfide) groups is 1. The molecular weight excluding hydrogens is 228 g/mol. The third-order valence-electron chi connectivity index (χ3n) is 3.18. The number of likely N-dealkylation sites (N-methyl/N-ethyl adjacent to an activating group) is 2. The number of hydrogen-bond acceptors (Lipinski definition) is 3. The van der Waals surface area contributed by atoms with Crippen LogP contribution in [0.2, 0.25) is 0 Å². The molecule has 0 saturated carbocycles. The summed E-state index contributed by atoms with van der Waals surface area (Å²) in [5.41, 5.74) is 1.36. The molecule has 0 spiro atoms. The highest BCUT2D eigenvalue weighted by molar-refractivity contribution is 7.99. The first-order valence-corrected chi connectivity index (χ1v) is 7.12. The molecular formula is C14H24N2S. The molecule has 0 aromatic heterocycles. The fraction of sp³-hybridized carbons (Fsp3) is 0.571. The van der Waals surface area contributed by atoms with E-state index in [-0.39, 0.29) is 5.54 Å². The number of benzene rings is 1. The van der Waals surface area contributed by atoms with Crippen LogP contribution in [-0.4, -0.2) is 25.4 Å². The van der Waals surface area contributed by atoms with Crippen LogP contribution in [0.25, 0.3) is 0 Å². The van der Waals surface area contributed by atoms with Crippen molar-refractivity contribution in [3.63, 3.8) is 0 Å². The van der Waals surface area contributed by atoms with E-state index >= 15 is 0 Å². The summed E-state index contributed by atoms with van der Waals surface area (Å²) < 4.78 is 0. The van der Waals surface area contributed by atoms with E-state index in [4.69, 9.17) is 0 Å². The quantitative estimate of drug-likeness (QED) is 0.761. The molecule has 3 heteroatoms. The minimum Gasteiger partial charge on any atom is -0.313 e. The van der Waals surface area contributed by atoms with Gasteiger partial charge in [0, 0.05) is 16.5 Å². The van der Waals surface area contributed by atoms with Gasteiger partial charge in [0.2, 0.25) is 0 Å². The molecule has 0 aliphatic heterocycles. The predicted octanol–water partition coefficient (Wildman–Crippen LogP) is 3.06. The van der Waals surface area contributed by atoms with Gasteiger partial charge in [0.05, 0.1) is 0 Å². The monoisotopic (exact) mass is 252 g/mol. The van der Waals surface area contributed by atoms with E-state index in [0.717, 1.165) is 5.75 Å². The zero-order valence-electron chi connectivity index (χ0n) is 11.5. The maximum absolute atomic E-state index is 3.39. The Morgan fingerprint density at radius 3 is 2.18 bits per heavy atom. The van der Waals surface area contributed by atoms with Crippen LogP contribution in [0.3, 0.4) is 0 Å². The molecule has 1 aromatic carbocycles. The highest BCUT2D eigenvalue weighted by atomic mass is 32.2. The number of hydrogen-bond donors (Lipinski definition) is 2. The van der Waals surface area contributed by atoms with Crippen molar-refractivity contribution in [2.45, 2.75) is 37.2 Å². The van der Waals surface area contributed by atoms with Crippen molar-refractivity contribution >= 4 is 11.8 Å². The number of nitrogens with one attached hydrogen (secondary N) is 2. The van der Waals surface area contributed by atoms with E-state index in [0.29, 0.717) is 6.04 Å². The number of rotatable bonds is 6. The van der Waals surface area contributed by atoms with Gasteiger partial charge in [0.25, 0.3) is 0 Å². The first-order chi connectivity index (χ1) is 8.05. The molecule has 1 aromatic rings. The normalized spacial score (nSPS) is 13.7. The van der Waals surface area contributed by atoms with Gasteiger partial charge in [-0.05, 0) is 51.4 Å². The molecule has 0 aliphatic carbocycles. The second kappa shape index (κ2) is 6.43. The lowest BCUT2D eigenvalue weighted by Crippen LogP contribution is -2.47. The molecule has 1 atom stereocenters. The van der Waals surface area contributed by atoms with Crippen LogP contribution in [0.1, 0.15) is 32.4 Å². The maximum Gasteiger partial charge on any atom is 0.0497 e. The molecule has 0 radical (unpaired) electrons. The van der Waals surface area contributed by atoms with Crippen LogP contribution < -0.4 is 10.6 Å². The van der Waals surface area contributed by atoms with Crippen molar-refractivity contribution in [2.24, 2.45) is 0 Å². The molecule has 0 heterocycles. The van der Waals surface area contributed by atoms with E-state index < -0.39 is 0 Å². The summed E-state index contributed by atoms with van der Waals surface area (Å²) in [4.78, 5) is 1.34. The van der Waals surface area contributed by atoms with Gasteiger partial charge in [-0.2, -0.15) is 0 Å². The van der Waals surface area contributed by atoms with Gasteiger partial charge >= 0.3 is 0 Å². The summed E-state index contributed by atoms with van der Waals surface area (Å²) in [5, 5.41) is 6.75. The Morgan fingerprint density at radius 1 is 1.18 bits per heavy atom. The minimum atomic E-state index is 0.0359. The van der Waals surface area contributed by atoms with Crippen LogP contribution in [-0.2, 0) is 0 Å². The molecule has 2 N–H and O–H groups in total. The summed E-state index contributed by atoms with van der Waals surface area (Å²) in [6.07, 6.45) is 0. The summed E-state index contributed by atoms with van der Waals surface area (Å²) in [7, 11) is 4.02. The smallest absolute Gasteiger partial charge is 0.0497 e. The van der Waals surface area contributed by atoms with Gasteiger partial charge in [0.1, 0.15) is 0 Å². The van der Waals surface area contributed by atoms with Crippen LogP contribution >= 0.6 is 11.8 Å². The Morgan fingerprint density at radius 2 is 1.76 bits per heavy atom. The van der Waals surface area contributed by atoms with Crippen molar-refractivity contribution in [2.75, 3.05) is 19.8 Å². The van der Waals surface area contributed by atoms with Crippen molar-refractivity contribution in [3.8, 4) is 0 Å². The zero-order chi connectivity index (χ0) is 12.9. The second-order valence-electron chi connectivity index (χ2n) is 4.70. The Balaban J connectivity index is 2.89. The topological polar surface area (TPSA) is 24.1 Å².